The third-order valence-electron chi connectivity index (χ3n) is 10.3. The number of benzene rings is 2. The maximum absolute atomic E-state index is 14.5. The maximum atomic E-state index is 14.5. The molecule has 5 rings (SSSR count). The Balaban J connectivity index is 1.72. The molecular formula is C40H53FN2O8. The number of hydrogen-bond donors (Lipinski definition) is 2. The number of allylic oxidation sites excluding steroid dienone is 1. The highest BCUT2D eigenvalue weighted by Crippen LogP contribution is 2.61. The van der Waals surface area contributed by atoms with Crippen molar-refractivity contribution in [2.24, 2.45) is 22.9 Å². The highest BCUT2D eigenvalue weighted by Gasteiger charge is 2.65. The molecule has 0 radical (unpaired) electrons. The lowest BCUT2D eigenvalue weighted by Gasteiger charge is -2.59. The van der Waals surface area contributed by atoms with Gasteiger partial charge in [0.15, 0.2) is 0 Å². The van der Waals surface area contributed by atoms with E-state index in [4.69, 9.17) is 23.8 Å². The monoisotopic (exact) mass is 708 g/mol. The zero-order valence-electron chi connectivity index (χ0n) is 30.1. The highest BCUT2D eigenvalue weighted by molar-refractivity contribution is 6.02. The molecule has 1 fully saturated rings. The standard InChI is InChI=1S/C40H53FN2O8/c1-5-22-49-40-36(43(4)39(46)47-6-2)25-34(42-50-7-3)31-23-27(14-10-12-20-44)30(16-11-13-21-45)37(38(31)40)32-24-29(18-19-35(32)51-40)48-26-28-15-8-9-17-33(28)41/h5,8-9,15,17-19,23-24,27,30,36-38,44-45H,1,6-7,10-14,16,20-22,25-26H2,2-4H3/t27-,30+,36-,37+,38+,40+/m0/s1. The van der Waals surface area contributed by atoms with Gasteiger partial charge in [0, 0.05) is 43.7 Å². The van der Waals surface area contributed by atoms with Gasteiger partial charge in [-0.25, -0.2) is 9.18 Å². The van der Waals surface area contributed by atoms with Gasteiger partial charge < -0.3 is 38.9 Å². The number of likely N-dealkylation sites (N-methyl/N-ethyl adjacent to an activating group) is 1. The molecule has 2 N–H and O–H groups in total. The lowest BCUT2D eigenvalue weighted by atomic mass is 9.55. The van der Waals surface area contributed by atoms with Crippen molar-refractivity contribution in [1.29, 1.82) is 0 Å². The van der Waals surface area contributed by atoms with Crippen LogP contribution in [-0.2, 0) is 20.9 Å². The second kappa shape index (κ2) is 18.0. The molecule has 1 aliphatic heterocycles. The van der Waals surface area contributed by atoms with Crippen LogP contribution in [0.15, 0.2) is 71.9 Å². The lowest BCUT2D eigenvalue weighted by molar-refractivity contribution is -0.253. The van der Waals surface area contributed by atoms with Crippen molar-refractivity contribution in [2.75, 3.05) is 40.1 Å². The Morgan fingerprint density at radius 1 is 1.10 bits per heavy atom. The first-order valence-electron chi connectivity index (χ1n) is 18.3. The van der Waals surface area contributed by atoms with Crippen LogP contribution in [0.25, 0.3) is 0 Å². The number of carbonyl (C=O) groups excluding carboxylic acids is 1. The molecule has 1 amide bonds. The average Bonchev–Trinajstić information content (AvgIpc) is 3.14. The maximum Gasteiger partial charge on any atom is 0.409 e. The molecule has 0 bridgehead atoms. The zero-order chi connectivity index (χ0) is 36.4. The summed E-state index contributed by atoms with van der Waals surface area (Å²) >= 11 is 0. The van der Waals surface area contributed by atoms with Gasteiger partial charge >= 0.3 is 6.09 Å². The Bertz CT molecular complexity index is 1550. The summed E-state index contributed by atoms with van der Waals surface area (Å²) in [5, 5.41) is 24.1. The number of oxime groups is 1. The van der Waals surface area contributed by atoms with Gasteiger partial charge in [-0.1, -0.05) is 48.3 Å². The molecule has 2 aromatic rings. The van der Waals surface area contributed by atoms with Crippen molar-refractivity contribution in [1.82, 2.24) is 4.90 Å². The van der Waals surface area contributed by atoms with E-state index in [0.29, 0.717) is 48.6 Å². The number of rotatable bonds is 18. The van der Waals surface area contributed by atoms with Crippen LogP contribution in [-0.4, -0.2) is 78.8 Å². The molecule has 2 aromatic carbocycles. The molecule has 10 nitrogen and oxygen atoms in total. The molecule has 278 valence electrons. The number of carbonyl (C=O) groups is 1. The summed E-state index contributed by atoms with van der Waals surface area (Å²) in [4.78, 5) is 20.7. The van der Waals surface area contributed by atoms with Gasteiger partial charge in [0.1, 0.15) is 36.6 Å². The van der Waals surface area contributed by atoms with E-state index in [-0.39, 0.29) is 56.6 Å². The number of ether oxygens (including phenoxy) is 4. The van der Waals surface area contributed by atoms with E-state index in [1.54, 1.807) is 43.1 Å². The second-order valence-corrected chi connectivity index (χ2v) is 13.4. The topological polar surface area (TPSA) is 119 Å². The van der Waals surface area contributed by atoms with Crippen LogP contribution in [0.1, 0.15) is 75.8 Å². The van der Waals surface area contributed by atoms with E-state index >= 15 is 0 Å². The molecule has 0 spiro atoms. The van der Waals surface area contributed by atoms with Crippen LogP contribution >= 0.6 is 0 Å². The molecule has 0 saturated heterocycles. The van der Waals surface area contributed by atoms with Gasteiger partial charge in [0.05, 0.1) is 24.8 Å². The largest absolute Gasteiger partial charge is 0.489 e. The first-order chi connectivity index (χ1) is 24.8. The minimum Gasteiger partial charge on any atom is -0.489 e. The van der Waals surface area contributed by atoms with E-state index in [9.17, 15) is 19.4 Å². The number of aliphatic hydroxyl groups excluding tert-OH is 2. The van der Waals surface area contributed by atoms with Gasteiger partial charge in [-0.15, -0.1) is 6.58 Å². The molecule has 2 aliphatic carbocycles. The normalized spacial score (nSPS) is 25.6. The molecule has 0 unspecified atom stereocenters. The van der Waals surface area contributed by atoms with Gasteiger partial charge in [-0.2, -0.15) is 0 Å². The van der Waals surface area contributed by atoms with Gasteiger partial charge in [-0.05, 0) is 81.2 Å². The third kappa shape index (κ3) is 8.26. The van der Waals surface area contributed by atoms with E-state index in [1.165, 1.54) is 6.07 Å². The molecule has 11 heteroatoms. The summed E-state index contributed by atoms with van der Waals surface area (Å²) in [5.74, 6) is -0.974. The van der Waals surface area contributed by atoms with E-state index < -0.39 is 23.8 Å². The summed E-state index contributed by atoms with van der Waals surface area (Å²) < 4.78 is 40.1. The van der Waals surface area contributed by atoms with Gasteiger partial charge in [0.25, 0.3) is 0 Å². The molecule has 0 aromatic heterocycles. The zero-order valence-corrected chi connectivity index (χ0v) is 30.1. The summed E-state index contributed by atoms with van der Waals surface area (Å²) in [5.41, 5.74) is 3.03. The number of nitrogens with zero attached hydrogens (tertiary/aromatic N) is 2. The van der Waals surface area contributed by atoms with Crippen molar-refractivity contribution in [3.05, 3.63) is 83.7 Å². The fraction of sp³-hybridized carbons (Fsp3) is 0.550. The van der Waals surface area contributed by atoms with Gasteiger partial charge in [-0.3, -0.25) is 0 Å². The quantitative estimate of drug-likeness (QED) is 0.0953. The first kappa shape index (κ1) is 38.3. The van der Waals surface area contributed by atoms with Crippen LogP contribution in [0.5, 0.6) is 11.5 Å². The van der Waals surface area contributed by atoms with Crippen LogP contribution in [0, 0.1) is 23.6 Å². The lowest BCUT2D eigenvalue weighted by Crippen LogP contribution is -2.69. The third-order valence-corrected chi connectivity index (χ3v) is 10.3. The Morgan fingerprint density at radius 3 is 2.57 bits per heavy atom. The minimum absolute atomic E-state index is 0.0548. The van der Waals surface area contributed by atoms with E-state index in [0.717, 1.165) is 36.8 Å². The Labute approximate surface area is 300 Å². The number of hydrogen-bond acceptors (Lipinski definition) is 9. The van der Waals surface area contributed by atoms with Crippen molar-refractivity contribution < 1.29 is 43.2 Å². The molecule has 1 heterocycles. The molecular weight excluding hydrogens is 655 g/mol. The predicted octanol–water partition coefficient (Wildman–Crippen LogP) is 7.15. The summed E-state index contributed by atoms with van der Waals surface area (Å²) in [7, 11) is 1.70. The molecule has 3 aliphatic rings. The first-order valence-corrected chi connectivity index (χ1v) is 18.3. The number of halogens is 1. The summed E-state index contributed by atoms with van der Waals surface area (Å²) in [6.07, 6.45) is 8.38. The van der Waals surface area contributed by atoms with Crippen LogP contribution in [0.2, 0.25) is 0 Å². The number of fused-ring (bicyclic) bond motifs is 2. The predicted molar refractivity (Wildman–Crippen MR) is 192 cm³/mol. The Kier molecular flexibility index (Phi) is 13.5. The average molecular weight is 709 g/mol. The fourth-order valence-corrected chi connectivity index (χ4v) is 8.09. The Morgan fingerprint density at radius 2 is 1.86 bits per heavy atom. The number of aliphatic hydroxyl groups is 2. The number of unbranched alkanes of at least 4 members (excludes halogenated alkanes) is 2. The summed E-state index contributed by atoms with van der Waals surface area (Å²) in [6, 6.07) is 11.6. The molecule has 6 atom stereocenters. The highest BCUT2D eigenvalue weighted by atomic mass is 19.1. The van der Waals surface area contributed by atoms with Crippen LogP contribution in [0.4, 0.5) is 9.18 Å². The molecule has 51 heavy (non-hydrogen) atoms. The Hall–Kier alpha value is -3.93. The minimum atomic E-state index is -1.36. The van der Waals surface area contributed by atoms with Crippen LogP contribution in [0.3, 0.4) is 0 Å². The van der Waals surface area contributed by atoms with Crippen molar-refractivity contribution >= 4 is 11.8 Å². The SMILES string of the molecule is C=CCO[C@@]12Oc3ccc(OCc4ccccc4F)cc3[C@H]3[C@H](CCCCO)[C@@H](CCCCO)C=C(C(=NOCC)C[C@@H]1N(C)C(=O)OCC)[C@H]32. The smallest absolute Gasteiger partial charge is 0.409 e. The summed E-state index contributed by atoms with van der Waals surface area (Å²) in [6.45, 7) is 8.57. The van der Waals surface area contributed by atoms with Crippen molar-refractivity contribution in [2.45, 2.75) is 83.1 Å². The van der Waals surface area contributed by atoms with Crippen molar-refractivity contribution in [3.8, 4) is 11.5 Å². The van der Waals surface area contributed by atoms with E-state index in [1.807, 2.05) is 25.1 Å². The van der Waals surface area contributed by atoms with E-state index in [2.05, 4.69) is 17.8 Å². The molecule has 1 saturated carbocycles. The van der Waals surface area contributed by atoms with Gasteiger partial charge in [0.2, 0.25) is 5.79 Å². The van der Waals surface area contributed by atoms with Crippen molar-refractivity contribution in [3.63, 3.8) is 0 Å². The van der Waals surface area contributed by atoms with Crippen LogP contribution < -0.4 is 9.47 Å². The second-order valence-electron chi connectivity index (χ2n) is 13.4. The fourth-order valence-electron chi connectivity index (χ4n) is 8.09. The number of amides is 1.